The van der Waals surface area contributed by atoms with Gasteiger partial charge in [0.15, 0.2) is 22.9 Å². The van der Waals surface area contributed by atoms with Crippen molar-refractivity contribution in [1.29, 1.82) is 5.26 Å². The molecule has 0 saturated heterocycles. The predicted molar refractivity (Wildman–Crippen MR) is 151 cm³/mol. The molecule has 10 heteroatoms. The van der Waals surface area contributed by atoms with Gasteiger partial charge in [-0.2, -0.15) is 5.26 Å². The van der Waals surface area contributed by atoms with Crippen LogP contribution in [0.2, 0.25) is 0 Å². The number of nitrogens with zero attached hydrogens (tertiary/aromatic N) is 3. The van der Waals surface area contributed by atoms with E-state index in [-0.39, 0.29) is 24.3 Å². The zero-order valence-corrected chi connectivity index (χ0v) is 23.3. The first kappa shape index (κ1) is 28.4. The molecule has 0 unspecified atom stereocenters. The molecule has 1 aliphatic rings. The lowest BCUT2D eigenvalue weighted by Crippen LogP contribution is -2.40. The molecule has 9 nitrogen and oxygen atoms in total. The summed E-state index contributed by atoms with van der Waals surface area (Å²) in [6.45, 7) is 9.85. The monoisotopic (exact) mass is 559 g/mol. The van der Waals surface area contributed by atoms with Crippen molar-refractivity contribution in [3.05, 3.63) is 97.2 Å². The van der Waals surface area contributed by atoms with Gasteiger partial charge in [-0.05, 0) is 62.2 Å². The van der Waals surface area contributed by atoms with E-state index in [9.17, 15) is 9.59 Å². The fourth-order valence-electron chi connectivity index (χ4n) is 4.27. The Morgan fingerprint density at radius 1 is 1.12 bits per heavy atom. The molecular weight excluding hydrogens is 530 g/mol. The number of carbonyl (C=O) groups excluding carboxylic acids is 1. The molecule has 3 aromatic rings. The highest BCUT2D eigenvalue weighted by Crippen LogP contribution is 2.36. The van der Waals surface area contributed by atoms with Crippen LogP contribution in [-0.4, -0.2) is 37.0 Å². The summed E-state index contributed by atoms with van der Waals surface area (Å²) in [5.41, 5.74) is 1.88. The summed E-state index contributed by atoms with van der Waals surface area (Å²) in [6, 6.07) is 13.6. The fraction of sp³-hybridized carbons (Fsp3) is 0.267. The van der Waals surface area contributed by atoms with E-state index in [2.05, 4.69) is 11.6 Å². The molecule has 1 aliphatic heterocycles. The maximum Gasteiger partial charge on any atom is 0.338 e. The van der Waals surface area contributed by atoms with Gasteiger partial charge in [0, 0.05) is 0 Å². The van der Waals surface area contributed by atoms with Crippen molar-refractivity contribution in [3.8, 4) is 23.3 Å². The van der Waals surface area contributed by atoms with Crippen molar-refractivity contribution in [3.63, 3.8) is 0 Å². The van der Waals surface area contributed by atoms with Crippen LogP contribution in [0, 0.1) is 11.3 Å². The molecule has 0 N–H and O–H groups in total. The topological polar surface area (TPSA) is 112 Å². The summed E-state index contributed by atoms with van der Waals surface area (Å²) in [5, 5.41) is 8.71. The van der Waals surface area contributed by atoms with E-state index in [1.54, 1.807) is 68.5 Å². The van der Waals surface area contributed by atoms with Crippen molar-refractivity contribution < 1.29 is 23.7 Å². The Labute approximate surface area is 235 Å². The molecule has 0 amide bonds. The number of ether oxygens (including phenoxy) is 4. The minimum atomic E-state index is -0.785. The maximum absolute atomic E-state index is 13.8. The Balaban J connectivity index is 1.86. The molecule has 2 heterocycles. The molecule has 4 rings (SSSR count). The third-order valence-electron chi connectivity index (χ3n) is 5.94. The lowest BCUT2D eigenvalue weighted by Gasteiger charge is -2.25. The van der Waals surface area contributed by atoms with Gasteiger partial charge in [-0.1, -0.05) is 42.2 Å². The third kappa shape index (κ3) is 6.00. The number of allylic oxidation sites excluding steroid dienone is 1. The van der Waals surface area contributed by atoms with Gasteiger partial charge >= 0.3 is 5.97 Å². The van der Waals surface area contributed by atoms with Crippen molar-refractivity contribution >= 4 is 23.4 Å². The Morgan fingerprint density at radius 3 is 2.58 bits per heavy atom. The molecular formula is C30H29N3O6S. The molecule has 0 fully saturated rings. The smallest absolute Gasteiger partial charge is 0.338 e. The van der Waals surface area contributed by atoms with Crippen LogP contribution < -0.4 is 29.1 Å². The van der Waals surface area contributed by atoms with Crippen LogP contribution in [0.15, 0.2) is 76.2 Å². The molecule has 0 radical (unpaired) electrons. The highest BCUT2D eigenvalue weighted by molar-refractivity contribution is 7.07. The van der Waals surface area contributed by atoms with Gasteiger partial charge < -0.3 is 18.9 Å². The zero-order valence-electron chi connectivity index (χ0n) is 22.5. The van der Waals surface area contributed by atoms with Crippen LogP contribution >= 0.6 is 11.3 Å². The number of hydrogen-bond acceptors (Lipinski definition) is 9. The lowest BCUT2D eigenvalue weighted by atomic mass is 9.95. The normalized spacial score (nSPS) is 14.6. The summed E-state index contributed by atoms with van der Waals surface area (Å²) in [5.74, 6) is 1.03. The molecule has 1 atom stereocenters. The van der Waals surface area contributed by atoms with Gasteiger partial charge in [0.25, 0.3) is 5.56 Å². The quantitative estimate of drug-likeness (QED) is 0.260. The molecule has 0 saturated carbocycles. The van der Waals surface area contributed by atoms with E-state index >= 15 is 0 Å². The summed E-state index contributed by atoms with van der Waals surface area (Å²) < 4.78 is 24.2. The predicted octanol–water partition coefficient (Wildman–Crippen LogP) is 3.66. The highest BCUT2D eigenvalue weighted by Gasteiger charge is 2.34. The van der Waals surface area contributed by atoms with Gasteiger partial charge in [-0.15, -0.1) is 0 Å². The molecule has 1 aromatic heterocycles. The Morgan fingerprint density at radius 2 is 1.90 bits per heavy atom. The zero-order chi connectivity index (χ0) is 28.6. The summed E-state index contributed by atoms with van der Waals surface area (Å²) >= 11 is 1.23. The lowest BCUT2D eigenvalue weighted by molar-refractivity contribution is -0.139. The Bertz CT molecular complexity index is 1660. The second-order valence-corrected chi connectivity index (χ2v) is 9.57. The number of hydrogen-bond donors (Lipinski definition) is 0. The summed E-state index contributed by atoms with van der Waals surface area (Å²) in [7, 11) is 0. The molecule has 40 heavy (non-hydrogen) atoms. The Hall–Kier alpha value is -4.62. The number of fused-ring (bicyclic) bond motifs is 1. The van der Waals surface area contributed by atoms with Gasteiger partial charge in [-0.3, -0.25) is 9.36 Å². The van der Waals surface area contributed by atoms with E-state index in [4.69, 9.17) is 24.2 Å². The van der Waals surface area contributed by atoms with Crippen molar-refractivity contribution in [2.75, 3.05) is 26.4 Å². The second kappa shape index (κ2) is 13.0. The van der Waals surface area contributed by atoms with Crippen LogP contribution in [0.25, 0.3) is 6.08 Å². The first-order valence-corrected chi connectivity index (χ1v) is 13.5. The van der Waals surface area contributed by atoms with E-state index in [1.165, 1.54) is 15.9 Å². The van der Waals surface area contributed by atoms with Gasteiger partial charge in [0.2, 0.25) is 0 Å². The number of thiazole rings is 1. The number of rotatable bonds is 11. The number of aromatic nitrogens is 1. The number of nitriles is 1. The molecule has 0 bridgehead atoms. The molecule has 0 spiro atoms. The van der Waals surface area contributed by atoms with E-state index < -0.39 is 12.0 Å². The second-order valence-electron chi connectivity index (χ2n) is 8.56. The number of esters is 1. The maximum atomic E-state index is 13.8. The molecule has 0 aliphatic carbocycles. The largest absolute Gasteiger partial charge is 0.490 e. The fourth-order valence-corrected chi connectivity index (χ4v) is 5.31. The van der Waals surface area contributed by atoms with Gasteiger partial charge in [0.05, 0.1) is 35.1 Å². The first-order valence-electron chi connectivity index (χ1n) is 12.7. The minimum Gasteiger partial charge on any atom is -0.490 e. The summed E-state index contributed by atoms with van der Waals surface area (Å²) in [6.07, 6.45) is 3.40. The number of benzene rings is 2. The van der Waals surface area contributed by atoms with Crippen molar-refractivity contribution in [1.82, 2.24) is 4.57 Å². The van der Waals surface area contributed by atoms with Crippen molar-refractivity contribution in [2.24, 2.45) is 4.99 Å². The highest BCUT2D eigenvalue weighted by atomic mass is 32.1. The average Bonchev–Trinajstić information content (AvgIpc) is 3.25. The average molecular weight is 560 g/mol. The SMILES string of the molecule is C=CCOc1ccc([C@H]2C(C(=O)OCC)=C(C)N=c3s/c(=C/c4ccc(OCC#N)cc4)c(=O)n32)cc1OCC. The van der Waals surface area contributed by atoms with Crippen LogP contribution in [0.5, 0.6) is 17.2 Å². The summed E-state index contributed by atoms with van der Waals surface area (Å²) in [4.78, 5) is 32.1. The van der Waals surface area contributed by atoms with Crippen LogP contribution in [0.3, 0.4) is 0 Å². The molecule has 2 aromatic carbocycles. The van der Waals surface area contributed by atoms with Crippen LogP contribution in [-0.2, 0) is 9.53 Å². The van der Waals surface area contributed by atoms with Crippen molar-refractivity contribution in [2.45, 2.75) is 26.8 Å². The van der Waals surface area contributed by atoms with Gasteiger partial charge in [-0.25, -0.2) is 9.79 Å². The standard InChI is InChI=1S/C30H29N3O6S/c1-5-15-39-23-13-10-21(18-24(23)36-6-2)27-26(29(35)37-7-3)19(4)32-30-33(27)28(34)25(40-30)17-20-8-11-22(12-9-20)38-16-14-31/h5,8-13,17-18,27H,1,6-7,15-16H2,2-4H3/b25-17+/t27-/m0/s1. The van der Waals surface area contributed by atoms with E-state index in [0.717, 1.165) is 5.56 Å². The van der Waals surface area contributed by atoms with Crippen LogP contribution in [0.4, 0.5) is 0 Å². The van der Waals surface area contributed by atoms with E-state index in [1.807, 2.05) is 13.0 Å². The number of carbonyl (C=O) groups is 1. The minimum absolute atomic E-state index is 0.0491. The first-order chi connectivity index (χ1) is 19.4. The third-order valence-corrected chi connectivity index (χ3v) is 6.92. The molecule has 206 valence electrons. The van der Waals surface area contributed by atoms with Gasteiger partial charge in [0.1, 0.15) is 18.4 Å². The van der Waals surface area contributed by atoms with E-state index in [0.29, 0.717) is 51.1 Å². The van der Waals surface area contributed by atoms with Crippen LogP contribution in [0.1, 0.15) is 37.9 Å². The Kier molecular flexibility index (Phi) is 9.19.